The zero-order valence-corrected chi connectivity index (χ0v) is 15.8. The maximum atomic E-state index is 12.4. The molecule has 0 spiro atoms. The minimum absolute atomic E-state index is 0.0607. The number of pyridine rings is 2. The van der Waals surface area contributed by atoms with E-state index in [-0.39, 0.29) is 5.91 Å². The van der Waals surface area contributed by atoms with Crippen molar-refractivity contribution in [1.29, 1.82) is 0 Å². The Morgan fingerprint density at radius 2 is 2.00 bits per heavy atom. The molecule has 1 N–H and O–H groups in total. The van der Waals surface area contributed by atoms with E-state index < -0.39 is 0 Å². The van der Waals surface area contributed by atoms with Crippen LogP contribution in [0.4, 0.5) is 5.82 Å². The third kappa shape index (κ3) is 6.01. The summed E-state index contributed by atoms with van der Waals surface area (Å²) in [6, 6.07) is 7.63. The van der Waals surface area contributed by atoms with Crippen molar-refractivity contribution in [3.63, 3.8) is 0 Å². The molecule has 3 heterocycles. The molecular weight excluding hydrogens is 342 g/mol. The number of ether oxygens (including phenoxy) is 1. The van der Waals surface area contributed by atoms with Crippen molar-refractivity contribution in [2.75, 3.05) is 57.9 Å². The summed E-state index contributed by atoms with van der Waals surface area (Å²) in [6.07, 6.45) is 6.19. The molecule has 1 aliphatic rings. The van der Waals surface area contributed by atoms with Gasteiger partial charge < -0.3 is 15.0 Å². The molecule has 1 fully saturated rings. The van der Waals surface area contributed by atoms with Crippen molar-refractivity contribution in [3.05, 3.63) is 54.0 Å². The van der Waals surface area contributed by atoms with Crippen LogP contribution in [0.3, 0.4) is 0 Å². The fourth-order valence-corrected chi connectivity index (χ4v) is 2.98. The first-order valence-electron chi connectivity index (χ1n) is 9.37. The van der Waals surface area contributed by atoms with E-state index in [1.165, 1.54) is 5.56 Å². The number of likely N-dealkylation sites (N-methyl/N-ethyl adjacent to an activating group) is 1. The molecule has 27 heavy (non-hydrogen) atoms. The number of amides is 1. The molecule has 0 aromatic carbocycles. The van der Waals surface area contributed by atoms with Crippen LogP contribution >= 0.6 is 0 Å². The number of nitrogens with one attached hydrogen (secondary N) is 1. The Kier molecular flexibility index (Phi) is 7.12. The Bertz CT molecular complexity index is 719. The van der Waals surface area contributed by atoms with Gasteiger partial charge in [0.1, 0.15) is 5.82 Å². The van der Waals surface area contributed by atoms with Crippen LogP contribution in [-0.4, -0.2) is 73.8 Å². The van der Waals surface area contributed by atoms with E-state index >= 15 is 0 Å². The first-order valence-corrected chi connectivity index (χ1v) is 9.37. The molecule has 7 heteroatoms. The second kappa shape index (κ2) is 9.99. The minimum Gasteiger partial charge on any atom is -0.379 e. The summed E-state index contributed by atoms with van der Waals surface area (Å²) >= 11 is 0. The molecule has 0 bridgehead atoms. The molecule has 7 nitrogen and oxygen atoms in total. The van der Waals surface area contributed by atoms with Crippen LogP contribution in [0.1, 0.15) is 15.9 Å². The highest BCUT2D eigenvalue weighted by Crippen LogP contribution is 2.12. The van der Waals surface area contributed by atoms with Crippen molar-refractivity contribution < 1.29 is 9.53 Å². The number of hydrogen-bond acceptors (Lipinski definition) is 6. The van der Waals surface area contributed by atoms with Gasteiger partial charge in [0.25, 0.3) is 5.91 Å². The summed E-state index contributed by atoms with van der Waals surface area (Å²) in [5.74, 6) is 0.735. The quantitative estimate of drug-likeness (QED) is 0.754. The number of hydrogen-bond donors (Lipinski definition) is 1. The Labute approximate surface area is 160 Å². The van der Waals surface area contributed by atoms with Crippen molar-refractivity contribution in [2.24, 2.45) is 0 Å². The smallest absolute Gasteiger partial charge is 0.251 e. The molecule has 0 saturated carbocycles. The predicted molar refractivity (Wildman–Crippen MR) is 105 cm³/mol. The number of rotatable bonds is 8. The number of anilines is 1. The SMILES string of the molecule is CN(CCc1ccncc1)c1cc(C(=O)NCCN2CCOCC2)ccn1. The standard InChI is InChI=1S/C20H27N5O2/c1-24(10-5-17-2-6-21-7-3-17)19-16-18(4-8-22-19)20(26)23-9-11-25-12-14-27-15-13-25/h2-4,6-8,16H,5,9-15H2,1H3,(H,23,26). The predicted octanol–water partition coefficient (Wildman–Crippen LogP) is 1.22. The van der Waals surface area contributed by atoms with Crippen molar-refractivity contribution in [1.82, 2.24) is 20.2 Å². The third-order valence-corrected chi connectivity index (χ3v) is 4.70. The molecule has 1 aliphatic heterocycles. The largest absolute Gasteiger partial charge is 0.379 e. The van der Waals surface area contributed by atoms with Crippen LogP contribution in [0.25, 0.3) is 0 Å². The lowest BCUT2D eigenvalue weighted by molar-refractivity contribution is 0.0383. The first-order chi connectivity index (χ1) is 13.2. The zero-order valence-electron chi connectivity index (χ0n) is 15.8. The monoisotopic (exact) mass is 369 g/mol. The lowest BCUT2D eigenvalue weighted by Crippen LogP contribution is -2.41. The number of morpholine rings is 1. The van der Waals surface area contributed by atoms with E-state index in [1.54, 1.807) is 24.7 Å². The number of nitrogens with zero attached hydrogens (tertiary/aromatic N) is 4. The van der Waals surface area contributed by atoms with Crippen LogP contribution < -0.4 is 10.2 Å². The average molecular weight is 369 g/mol. The zero-order chi connectivity index (χ0) is 18.9. The van der Waals surface area contributed by atoms with Crippen molar-refractivity contribution in [3.8, 4) is 0 Å². The van der Waals surface area contributed by atoms with Gasteiger partial charge in [-0.2, -0.15) is 0 Å². The van der Waals surface area contributed by atoms with E-state index in [4.69, 9.17) is 4.74 Å². The highest BCUT2D eigenvalue weighted by Gasteiger charge is 2.12. The summed E-state index contributed by atoms with van der Waals surface area (Å²) in [4.78, 5) is 25.2. The van der Waals surface area contributed by atoms with Crippen LogP contribution in [0, 0.1) is 0 Å². The van der Waals surface area contributed by atoms with E-state index in [9.17, 15) is 4.79 Å². The maximum Gasteiger partial charge on any atom is 0.251 e. The number of aromatic nitrogens is 2. The molecule has 1 amide bonds. The second-order valence-electron chi connectivity index (χ2n) is 6.64. The molecule has 0 atom stereocenters. The Balaban J connectivity index is 1.48. The minimum atomic E-state index is -0.0607. The first kappa shape index (κ1) is 19.3. The highest BCUT2D eigenvalue weighted by molar-refractivity contribution is 5.94. The average Bonchev–Trinajstić information content (AvgIpc) is 2.73. The molecule has 1 saturated heterocycles. The molecule has 2 aromatic rings. The molecule has 144 valence electrons. The summed E-state index contributed by atoms with van der Waals surface area (Å²) in [6.45, 7) is 5.70. The van der Waals surface area contributed by atoms with Crippen LogP contribution in [0.2, 0.25) is 0 Å². The lowest BCUT2D eigenvalue weighted by atomic mass is 10.2. The van der Waals surface area contributed by atoms with Crippen LogP contribution in [-0.2, 0) is 11.2 Å². The van der Waals surface area contributed by atoms with E-state index in [0.29, 0.717) is 12.1 Å². The van der Waals surface area contributed by atoms with Gasteiger partial charge in [-0.15, -0.1) is 0 Å². The Morgan fingerprint density at radius 3 is 2.78 bits per heavy atom. The van der Waals surface area contributed by atoms with Gasteiger partial charge in [0.15, 0.2) is 0 Å². The summed E-state index contributed by atoms with van der Waals surface area (Å²) in [7, 11) is 1.99. The lowest BCUT2D eigenvalue weighted by Gasteiger charge is -2.26. The summed E-state index contributed by atoms with van der Waals surface area (Å²) in [5, 5.41) is 3.00. The molecule has 0 unspecified atom stereocenters. The summed E-state index contributed by atoms with van der Waals surface area (Å²) in [5.41, 5.74) is 1.87. The van der Waals surface area contributed by atoms with Crippen molar-refractivity contribution >= 4 is 11.7 Å². The van der Waals surface area contributed by atoms with Gasteiger partial charge in [-0.25, -0.2) is 4.98 Å². The molecule has 0 aliphatic carbocycles. The second-order valence-corrected chi connectivity index (χ2v) is 6.64. The van der Waals surface area contributed by atoms with E-state index in [0.717, 1.165) is 51.6 Å². The van der Waals surface area contributed by atoms with Gasteiger partial charge in [-0.05, 0) is 36.2 Å². The van der Waals surface area contributed by atoms with Crippen molar-refractivity contribution in [2.45, 2.75) is 6.42 Å². The number of carbonyl (C=O) groups excluding carboxylic acids is 1. The summed E-state index contributed by atoms with van der Waals surface area (Å²) < 4.78 is 5.34. The fourth-order valence-electron chi connectivity index (χ4n) is 2.98. The fraction of sp³-hybridized carbons (Fsp3) is 0.450. The third-order valence-electron chi connectivity index (χ3n) is 4.70. The van der Waals surface area contributed by atoms with Gasteiger partial charge >= 0.3 is 0 Å². The van der Waals surface area contributed by atoms with Crippen LogP contribution in [0.15, 0.2) is 42.9 Å². The Hall–Kier alpha value is -2.51. The van der Waals surface area contributed by atoms with Crippen LogP contribution in [0.5, 0.6) is 0 Å². The molecule has 2 aromatic heterocycles. The van der Waals surface area contributed by atoms with Gasteiger partial charge in [0, 0.05) is 63.9 Å². The normalized spacial score (nSPS) is 14.7. The van der Waals surface area contributed by atoms with Gasteiger partial charge in [0.05, 0.1) is 13.2 Å². The molecule has 0 radical (unpaired) electrons. The molecule has 3 rings (SSSR count). The van der Waals surface area contributed by atoms with E-state index in [2.05, 4.69) is 25.1 Å². The van der Waals surface area contributed by atoms with Gasteiger partial charge in [-0.3, -0.25) is 14.7 Å². The Morgan fingerprint density at radius 1 is 1.22 bits per heavy atom. The van der Waals surface area contributed by atoms with E-state index in [1.807, 2.05) is 25.2 Å². The molecular formula is C20H27N5O2. The van der Waals surface area contributed by atoms with Gasteiger partial charge in [0.2, 0.25) is 0 Å². The maximum absolute atomic E-state index is 12.4. The topological polar surface area (TPSA) is 70.6 Å². The van der Waals surface area contributed by atoms with Gasteiger partial charge in [-0.1, -0.05) is 0 Å². The highest BCUT2D eigenvalue weighted by atomic mass is 16.5. The number of carbonyl (C=O) groups is 1.